The number of rotatable bonds is 7. The van der Waals surface area contributed by atoms with Crippen LogP contribution in [-0.4, -0.2) is 32.4 Å². The first-order valence-electron chi connectivity index (χ1n) is 8.71. The molecule has 7 nitrogen and oxygen atoms in total. The molecular weight excluding hydrogens is 400 g/mol. The summed E-state index contributed by atoms with van der Waals surface area (Å²) in [6.45, 7) is 8.66. The zero-order chi connectivity index (χ0) is 21.1. The molecule has 2 N–H and O–H groups in total. The average Bonchev–Trinajstić information content (AvgIpc) is 2.92. The fourth-order valence-electron chi connectivity index (χ4n) is 2.45. The highest BCUT2D eigenvalue weighted by molar-refractivity contribution is 7.89. The fraction of sp³-hybridized carbons (Fsp3) is 0.368. The molecule has 1 aromatic heterocycles. The first kappa shape index (κ1) is 22.1. The van der Waals surface area contributed by atoms with Crippen molar-refractivity contribution in [2.75, 3.05) is 5.32 Å². The lowest BCUT2D eigenvalue weighted by Gasteiger charge is -2.14. The Morgan fingerprint density at radius 3 is 2.18 bits per heavy atom. The molecule has 1 aromatic carbocycles. The Morgan fingerprint density at radius 2 is 1.68 bits per heavy atom. The molecule has 1 unspecified atom stereocenters. The van der Waals surface area contributed by atoms with E-state index in [2.05, 4.69) is 10.0 Å². The predicted octanol–water partition coefficient (Wildman–Crippen LogP) is 3.24. The van der Waals surface area contributed by atoms with Crippen molar-refractivity contribution in [1.82, 2.24) is 4.72 Å². The third kappa shape index (κ3) is 5.63. The number of nitrogens with one attached hydrogen (secondary N) is 2. The predicted molar refractivity (Wildman–Crippen MR) is 109 cm³/mol. The number of benzene rings is 1. The minimum absolute atomic E-state index is 0.0991. The molecule has 0 saturated carbocycles. The first-order chi connectivity index (χ1) is 13.0. The molecule has 0 aliphatic rings. The monoisotopic (exact) mass is 424 g/mol. The molecule has 0 fully saturated rings. The van der Waals surface area contributed by atoms with Crippen LogP contribution in [0.4, 0.5) is 5.69 Å². The van der Waals surface area contributed by atoms with Gasteiger partial charge in [0.05, 0.1) is 10.5 Å². The van der Waals surface area contributed by atoms with E-state index in [-0.39, 0.29) is 10.9 Å². The molecule has 0 radical (unpaired) electrons. The first-order valence-corrected chi connectivity index (χ1v) is 11.0. The summed E-state index contributed by atoms with van der Waals surface area (Å²) in [6, 6.07) is 7.26. The van der Waals surface area contributed by atoms with Crippen LogP contribution < -0.4 is 10.0 Å². The van der Waals surface area contributed by atoms with Gasteiger partial charge in [0, 0.05) is 21.5 Å². The van der Waals surface area contributed by atoms with E-state index < -0.39 is 28.0 Å². The number of aryl methyl sites for hydroxylation is 2. The number of sulfonamides is 1. The van der Waals surface area contributed by atoms with Crippen LogP contribution >= 0.6 is 11.3 Å². The quantitative estimate of drug-likeness (QED) is 0.665. The van der Waals surface area contributed by atoms with Crippen LogP contribution in [0.15, 0.2) is 35.2 Å². The second-order valence-electron chi connectivity index (χ2n) is 6.66. The minimum Gasteiger partial charge on any atom is -0.449 e. The van der Waals surface area contributed by atoms with E-state index in [0.717, 1.165) is 9.75 Å². The van der Waals surface area contributed by atoms with Gasteiger partial charge in [-0.05, 0) is 65.0 Å². The molecule has 28 heavy (non-hydrogen) atoms. The number of amides is 1. The maximum Gasteiger partial charge on any atom is 0.340 e. The van der Waals surface area contributed by atoms with Gasteiger partial charge in [-0.25, -0.2) is 17.9 Å². The molecule has 2 aromatic rings. The molecule has 1 amide bonds. The molecule has 2 rings (SSSR count). The van der Waals surface area contributed by atoms with E-state index in [1.165, 1.54) is 42.5 Å². The second kappa shape index (κ2) is 8.85. The molecule has 152 valence electrons. The van der Waals surface area contributed by atoms with Crippen molar-refractivity contribution < 1.29 is 22.7 Å². The van der Waals surface area contributed by atoms with Crippen LogP contribution in [0.25, 0.3) is 0 Å². The van der Waals surface area contributed by atoms with Gasteiger partial charge in [-0.15, -0.1) is 11.3 Å². The molecule has 0 aliphatic heterocycles. The van der Waals surface area contributed by atoms with E-state index in [1.54, 1.807) is 19.9 Å². The molecule has 0 aliphatic carbocycles. The lowest BCUT2D eigenvalue weighted by atomic mass is 10.2. The average molecular weight is 425 g/mol. The second-order valence-corrected chi connectivity index (χ2v) is 9.84. The minimum atomic E-state index is -3.60. The lowest BCUT2D eigenvalue weighted by Crippen LogP contribution is -2.30. The highest BCUT2D eigenvalue weighted by Crippen LogP contribution is 2.22. The highest BCUT2D eigenvalue weighted by atomic mass is 32.2. The maximum atomic E-state index is 12.3. The molecule has 0 bridgehead atoms. The summed E-state index contributed by atoms with van der Waals surface area (Å²) in [5.41, 5.74) is 0.855. The summed E-state index contributed by atoms with van der Waals surface area (Å²) >= 11 is 1.49. The molecular formula is C19H24N2O5S2. The summed E-state index contributed by atoms with van der Waals surface area (Å²) in [6.07, 6.45) is -1.00. The van der Waals surface area contributed by atoms with Gasteiger partial charge in [0.1, 0.15) is 0 Å². The molecule has 9 heteroatoms. The van der Waals surface area contributed by atoms with Gasteiger partial charge in [-0.1, -0.05) is 0 Å². The largest absolute Gasteiger partial charge is 0.449 e. The fourth-order valence-corrected chi connectivity index (χ4v) is 4.61. The Kier molecular flexibility index (Phi) is 6.97. The van der Waals surface area contributed by atoms with Gasteiger partial charge in [-0.3, -0.25) is 4.79 Å². The van der Waals surface area contributed by atoms with E-state index in [0.29, 0.717) is 11.3 Å². The number of ether oxygens (including phenoxy) is 1. The van der Waals surface area contributed by atoms with Gasteiger partial charge >= 0.3 is 5.97 Å². The van der Waals surface area contributed by atoms with Gasteiger partial charge in [0.15, 0.2) is 6.10 Å². The van der Waals surface area contributed by atoms with Crippen molar-refractivity contribution in [1.29, 1.82) is 0 Å². The normalized spacial score (nSPS) is 12.6. The van der Waals surface area contributed by atoms with Gasteiger partial charge in [0.2, 0.25) is 10.0 Å². The molecule has 0 spiro atoms. The van der Waals surface area contributed by atoms with Crippen molar-refractivity contribution in [3.8, 4) is 0 Å². The SMILES string of the molecule is Cc1cc(C(=O)OC(C)C(=O)Nc2ccc(S(=O)(=O)NC(C)C)cc2)c(C)s1. The number of esters is 1. The summed E-state index contributed by atoms with van der Waals surface area (Å²) in [7, 11) is -3.60. The van der Waals surface area contributed by atoms with Crippen LogP contribution in [-0.2, 0) is 19.6 Å². The topological polar surface area (TPSA) is 102 Å². The Morgan fingerprint density at radius 1 is 1.07 bits per heavy atom. The van der Waals surface area contributed by atoms with Crippen molar-refractivity contribution >= 4 is 38.9 Å². The van der Waals surface area contributed by atoms with E-state index in [1.807, 2.05) is 13.8 Å². The number of carbonyl (C=O) groups is 2. The smallest absolute Gasteiger partial charge is 0.340 e. The number of anilines is 1. The number of thiophene rings is 1. The summed E-state index contributed by atoms with van der Waals surface area (Å²) < 4.78 is 32.0. The lowest BCUT2D eigenvalue weighted by molar-refractivity contribution is -0.123. The highest BCUT2D eigenvalue weighted by Gasteiger charge is 2.22. The van der Waals surface area contributed by atoms with Crippen LogP contribution in [0.3, 0.4) is 0 Å². The maximum absolute atomic E-state index is 12.3. The number of hydrogen-bond donors (Lipinski definition) is 2. The number of carbonyl (C=O) groups excluding carboxylic acids is 2. The van der Waals surface area contributed by atoms with E-state index in [9.17, 15) is 18.0 Å². The zero-order valence-electron chi connectivity index (χ0n) is 16.4. The van der Waals surface area contributed by atoms with Gasteiger partial charge in [0.25, 0.3) is 5.91 Å². The third-order valence-corrected chi connectivity index (χ3v) is 6.38. The van der Waals surface area contributed by atoms with E-state index in [4.69, 9.17) is 4.74 Å². The summed E-state index contributed by atoms with van der Waals surface area (Å²) in [5, 5.41) is 2.61. The summed E-state index contributed by atoms with van der Waals surface area (Å²) in [4.78, 5) is 26.4. The van der Waals surface area contributed by atoms with Crippen LogP contribution in [0.1, 0.15) is 40.9 Å². The van der Waals surface area contributed by atoms with Crippen molar-refractivity contribution in [3.63, 3.8) is 0 Å². The Hall–Kier alpha value is -2.23. The van der Waals surface area contributed by atoms with Crippen molar-refractivity contribution in [2.24, 2.45) is 0 Å². The van der Waals surface area contributed by atoms with Crippen LogP contribution in [0.5, 0.6) is 0 Å². The zero-order valence-corrected chi connectivity index (χ0v) is 18.0. The molecule has 0 saturated heterocycles. The van der Waals surface area contributed by atoms with E-state index >= 15 is 0 Å². The van der Waals surface area contributed by atoms with Crippen LogP contribution in [0.2, 0.25) is 0 Å². The molecule has 1 heterocycles. The third-order valence-electron chi connectivity index (χ3n) is 3.74. The Balaban J connectivity index is 2.00. The van der Waals surface area contributed by atoms with Crippen LogP contribution in [0, 0.1) is 13.8 Å². The molecule has 1 atom stereocenters. The Labute approximate surface area is 169 Å². The van der Waals surface area contributed by atoms with Gasteiger partial charge in [-0.2, -0.15) is 0 Å². The summed E-state index contributed by atoms with van der Waals surface area (Å²) in [5.74, 6) is -1.06. The van der Waals surface area contributed by atoms with Gasteiger partial charge < -0.3 is 10.1 Å². The van der Waals surface area contributed by atoms with Crippen molar-refractivity contribution in [2.45, 2.75) is 51.7 Å². The number of hydrogen-bond acceptors (Lipinski definition) is 6. The standard InChI is InChI=1S/C19H24N2O5S2/c1-11(2)21-28(24,25)16-8-6-15(7-9-16)20-18(22)13(4)26-19(23)17-10-12(3)27-14(17)5/h6-11,13,21H,1-5H3,(H,20,22). The van der Waals surface area contributed by atoms with Crippen molar-refractivity contribution in [3.05, 3.63) is 45.6 Å². The Bertz CT molecular complexity index is 963.